The Morgan fingerprint density at radius 1 is 0.333 bits per heavy atom. The van der Waals surface area contributed by atoms with E-state index in [0.717, 1.165) is 69.6 Å². The highest BCUT2D eigenvalue weighted by molar-refractivity contribution is 5.71. The quantitative estimate of drug-likeness (QED) is 0.0344. The second-order valence-electron chi connectivity index (χ2n) is 20.3. The molecule has 6 nitrogen and oxygen atoms in total. The number of carbonyl (C=O) groups is 3. The predicted molar refractivity (Wildman–Crippen MR) is 270 cm³/mol. The van der Waals surface area contributed by atoms with Crippen molar-refractivity contribution in [3.05, 3.63) is 0 Å². The van der Waals surface area contributed by atoms with Crippen LogP contribution < -0.4 is 0 Å². The molecule has 0 aromatic heterocycles. The van der Waals surface area contributed by atoms with Crippen molar-refractivity contribution in [2.75, 3.05) is 13.2 Å². The minimum absolute atomic E-state index is 0.0629. The molecule has 0 fully saturated rings. The molecular formula is C57H110O6. The first-order chi connectivity index (χ1) is 30.8. The Hall–Kier alpha value is -1.59. The van der Waals surface area contributed by atoms with Crippen LogP contribution in [0.1, 0.15) is 317 Å². The number of ether oxygens (including phenoxy) is 3. The maximum absolute atomic E-state index is 12.8. The molecule has 0 saturated carbocycles. The van der Waals surface area contributed by atoms with E-state index in [1.165, 1.54) is 205 Å². The molecule has 0 heterocycles. The van der Waals surface area contributed by atoms with Crippen LogP contribution in [0.25, 0.3) is 0 Å². The minimum Gasteiger partial charge on any atom is -0.462 e. The maximum Gasteiger partial charge on any atom is 0.306 e. The summed E-state index contributed by atoms with van der Waals surface area (Å²) < 4.78 is 16.8. The van der Waals surface area contributed by atoms with Crippen LogP contribution in [-0.4, -0.2) is 37.2 Å². The fourth-order valence-electron chi connectivity index (χ4n) is 8.66. The van der Waals surface area contributed by atoms with Crippen molar-refractivity contribution in [2.45, 2.75) is 323 Å². The highest BCUT2D eigenvalue weighted by Crippen LogP contribution is 2.18. The molecule has 1 unspecified atom stereocenters. The Balaban J connectivity index is 4.22. The molecule has 63 heavy (non-hydrogen) atoms. The van der Waals surface area contributed by atoms with Crippen molar-refractivity contribution < 1.29 is 28.6 Å². The minimum atomic E-state index is -0.761. The highest BCUT2D eigenvalue weighted by Gasteiger charge is 2.19. The van der Waals surface area contributed by atoms with E-state index < -0.39 is 6.10 Å². The topological polar surface area (TPSA) is 78.9 Å². The van der Waals surface area contributed by atoms with Crippen molar-refractivity contribution >= 4 is 17.9 Å². The zero-order valence-corrected chi connectivity index (χ0v) is 43.2. The number of carbonyl (C=O) groups excluding carboxylic acids is 3. The fraction of sp³-hybridized carbons (Fsp3) is 0.947. The second-order valence-corrected chi connectivity index (χ2v) is 20.3. The molecule has 0 bridgehead atoms. The average molecular weight is 892 g/mol. The molecule has 6 heteroatoms. The summed E-state index contributed by atoms with van der Waals surface area (Å²) in [5.74, 6) is 0.900. The summed E-state index contributed by atoms with van der Waals surface area (Å²) in [6.07, 6.45) is 52.3. The smallest absolute Gasteiger partial charge is 0.306 e. The molecule has 0 aliphatic heterocycles. The molecule has 0 aromatic rings. The molecule has 374 valence electrons. The van der Waals surface area contributed by atoms with Crippen molar-refractivity contribution in [3.63, 3.8) is 0 Å². The maximum atomic E-state index is 12.8. The van der Waals surface area contributed by atoms with Gasteiger partial charge >= 0.3 is 17.9 Å². The molecule has 0 N–H and O–H groups in total. The molecule has 2 atom stereocenters. The van der Waals surface area contributed by atoms with Gasteiger partial charge in [0.25, 0.3) is 0 Å². The van der Waals surface area contributed by atoms with E-state index in [1.807, 2.05) is 0 Å². The summed E-state index contributed by atoms with van der Waals surface area (Å²) in [6, 6.07) is 0. The van der Waals surface area contributed by atoms with Gasteiger partial charge in [0.2, 0.25) is 0 Å². The summed E-state index contributed by atoms with van der Waals surface area (Å²) >= 11 is 0. The zero-order valence-electron chi connectivity index (χ0n) is 43.2. The average Bonchev–Trinajstić information content (AvgIpc) is 3.27. The van der Waals surface area contributed by atoms with Crippen LogP contribution in [0.4, 0.5) is 0 Å². The molecular weight excluding hydrogens is 781 g/mol. The number of rotatable bonds is 51. The molecule has 0 rings (SSSR count). The highest BCUT2D eigenvalue weighted by atomic mass is 16.6. The molecule has 0 radical (unpaired) electrons. The van der Waals surface area contributed by atoms with Gasteiger partial charge in [0.1, 0.15) is 13.2 Å². The van der Waals surface area contributed by atoms with Gasteiger partial charge in [0.05, 0.1) is 0 Å². The van der Waals surface area contributed by atoms with E-state index >= 15 is 0 Å². The van der Waals surface area contributed by atoms with Crippen LogP contribution >= 0.6 is 0 Å². The second kappa shape index (κ2) is 49.8. The van der Waals surface area contributed by atoms with E-state index in [4.69, 9.17) is 14.2 Å². The Kier molecular flexibility index (Phi) is 48.6. The van der Waals surface area contributed by atoms with Crippen LogP contribution in [0.5, 0.6) is 0 Å². The molecule has 0 aliphatic rings. The van der Waals surface area contributed by atoms with Gasteiger partial charge in [0.15, 0.2) is 6.10 Å². The van der Waals surface area contributed by atoms with E-state index in [9.17, 15) is 14.4 Å². The Labute approximate surface area is 393 Å². The summed E-state index contributed by atoms with van der Waals surface area (Å²) in [4.78, 5) is 38.0. The molecule has 0 amide bonds. The third-order valence-corrected chi connectivity index (χ3v) is 13.3. The molecule has 0 spiro atoms. The third kappa shape index (κ3) is 49.7. The van der Waals surface area contributed by atoms with Gasteiger partial charge in [-0.1, -0.05) is 279 Å². The molecule has 0 saturated heterocycles. The van der Waals surface area contributed by atoms with E-state index in [1.54, 1.807) is 0 Å². The van der Waals surface area contributed by atoms with Crippen molar-refractivity contribution in [2.24, 2.45) is 11.8 Å². The van der Waals surface area contributed by atoms with Crippen molar-refractivity contribution in [3.8, 4) is 0 Å². The first kappa shape index (κ1) is 61.4. The first-order valence-corrected chi connectivity index (χ1v) is 28.3. The van der Waals surface area contributed by atoms with Gasteiger partial charge in [-0.3, -0.25) is 14.4 Å². The van der Waals surface area contributed by atoms with Crippen molar-refractivity contribution in [1.82, 2.24) is 0 Å². The predicted octanol–water partition coefficient (Wildman–Crippen LogP) is 18.5. The van der Waals surface area contributed by atoms with Crippen LogP contribution in [0.15, 0.2) is 0 Å². The lowest BCUT2D eigenvalue weighted by atomic mass is 9.99. The van der Waals surface area contributed by atoms with Gasteiger partial charge in [-0.05, 0) is 31.1 Å². The first-order valence-electron chi connectivity index (χ1n) is 28.3. The van der Waals surface area contributed by atoms with Crippen LogP contribution in [0, 0.1) is 11.8 Å². The van der Waals surface area contributed by atoms with E-state index in [2.05, 4.69) is 34.6 Å². The van der Waals surface area contributed by atoms with Gasteiger partial charge in [-0.2, -0.15) is 0 Å². The molecule has 0 aromatic carbocycles. The normalized spacial score (nSPS) is 12.5. The van der Waals surface area contributed by atoms with Crippen molar-refractivity contribution in [1.29, 1.82) is 0 Å². The monoisotopic (exact) mass is 891 g/mol. The largest absolute Gasteiger partial charge is 0.462 e. The molecule has 0 aliphatic carbocycles. The van der Waals surface area contributed by atoms with Crippen LogP contribution in [0.2, 0.25) is 0 Å². The van der Waals surface area contributed by atoms with Crippen LogP contribution in [0.3, 0.4) is 0 Å². The van der Waals surface area contributed by atoms with Gasteiger partial charge < -0.3 is 14.2 Å². The van der Waals surface area contributed by atoms with E-state index in [-0.39, 0.29) is 31.1 Å². The Morgan fingerprint density at radius 3 is 0.905 bits per heavy atom. The number of hydrogen-bond donors (Lipinski definition) is 0. The fourth-order valence-corrected chi connectivity index (χ4v) is 8.66. The summed E-state index contributed by atoms with van der Waals surface area (Å²) in [5, 5.41) is 0. The third-order valence-electron chi connectivity index (χ3n) is 13.3. The Bertz CT molecular complexity index is 964. The number of unbranched alkanes of at least 4 members (excludes halogenated alkanes) is 35. The van der Waals surface area contributed by atoms with Gasteiger partial charge in [-0.15, -0.1) is 0 Å². The zero-order chi connectivity index (χ0) is 46.1. The summed E-state index contributed by atoms with van der Waals surface area (Å²) in [7, 11) is 0. The summed E-state index contributed by atoms with van der Waals surface area (Å²) in [6.45, 7) is 11.4. The SMILES string of the molecule is CCCCCCCCCCCC(=O)OC[C@@H](COC(=O)CCCCCCCCCCCCCCCCC(C)CC)OC(=O)CCCCCCCCCCCCCCCCCC(C)C. The lowest BCUT2D eigenvalue weighted by Crippen LogP contribution is -2.30. The lowest BCUT2D eigenvalue weighted by molar-refractivity contribution is -0.167. The number of esters is 3. The van der Waals surface area contributed by atoms with Gasteiger partial charge in [0, 0.05) is 19.3 Å². The standard InChI is InChI=1S/C57H110O6/c1-6-8-9-10-11-25-32-37-42-47-55(58)61-50-54(63-57(60)49-44-39-34-29-24-20-14-12-13-17-21-26-30-35-40-45-52(3)4)51-62-56(59)48-43-38-33-28-23-19-16-15-18-22-27-31-36-41-46-53(5)7-2/h52-54H,6-51H2,1-5H3/t53?,54-/m0/s1. The van der Waals surface area contributed by atoms with Crippen LogP contribution in [-0.2, 0) is 28.6 Å². The lowest BCUT2D eigenvalue weighted by Gasteiger charge is -2.18. The Morgan fingerprint density at radius 2 is 0.603 bits per heavy atom. The number of hydrogen-bond acceptors (Lipinski definition) is 6. The van der Waals surface area contributed by atoms with E-state index in [0.29, 0.717) is 19.3 Å². The summed E-state index contributed by atoms with van der Waals surface area (Å²) in [5.41, 5.74) is 0. The van der Waals surface area contributed by atoms with Gasteiger partial charge in [-0.25, -0.2) is 0 Å².